The molecule has 0 spiro atoms. The Kier molecular flexibility index (Phi) is 5.50. The molecular weight excluding hydrogens is 262 g/mol. The van der Waals surface area contributed by atoms with Crippen molar-refractivity contribution in [2.75, 3.05) is 0 Å². The van der Waals surface area contributed by atoms with Crippen LogP contribution in [-0.4, -0.2) is 6.04 Å². The second kappa shape index (κ2) is 6.41. The second-order valence-corrected chi connectivity index (χ2v) is 5.79. The van der Waals surface area contributed by atoms with E-state index in [1.54, 1.807) is 0 Å². The molecule has 90 valence electrons. The molecule has 2 atom stereocenters. The smallest absolute Gasteiger partial charge is 0.0305 e. The molecule has 0 aliphatic rings. The van der Waals surface area contributed by atoms with E-state index < -0.39 is 0 Å². The van der Waals surface area contributed by atoms with E-state index in [2.05, 4.69) is 73.2 Å². The first-order valence-electron chi connectivity index (χ1n) is 6.01. The highest BCUT2D eigenvalue weighted by atomic mass is 79.9. The van der Waals surface area contributed by atoms with Gasteiger partial charge in [0.2, 0.25) is 0 Å². The van der Waals surface area contributed by atoms with Gasteiger partial charge in [-0.25, -0.2) is 0 Å². The van der Waals surface area contributed by atoms with Crippen molar-refractivity contribution >= 4 is 15.9 Å². The summed E-state index contributed by atoms with van der Waals surface area (Å²) in [5.74, 6) is 0.744. The van der Waals surface area contributed by atoms with Crippen LogP contribution in [0.4, 0.5) is 0 Å². The van der Waals surface area contributed by atoms with Crippen LogP contribution in [0, 0.1) is 5.92 Å². The minimum atomic E-state index is 0.393. The summed E-state index contributed by atoms with van der Waals surface area (Å²) in [6.07, 6.45) is 1.22. The van der Waals surface area contributed by atoms with Crippen LogP contribution < -0.4 is 5.32 Å². The standard InChI is InChI=1S/C14H22BrN/c1-10(2)9-11(3)16-12(4)13-7-5-6-8-14(13)15/h5-8,10-12,16H,9H2,1-4H3. The van der Waals surface area contributed by atoms with Gasteiger partial charge in [-0.05, 0) is 37.8 Å². The Morgan fingerprint density at radius 3 is 2.31 bits per heavy atom. The topological polar surface area (TPSA) is 12.0 Å². The Morgan fingerprint density at radius 1 is 1.12 bits per heavy atom. The molecule has 1 rings (SSSR count). The zero-order valence-electron chi connectivity index (χ0n) is 10.6. The molecule has 1 aromatic carbocycles. The van der Waals surface area contributed by atoms with Gasteiger partial charge in [-0.2, -0.15) is 0 Å². The molecule has 2 heteroatoms. The van der Waals surface area contributed by atoms with Gasteiger partial charge in [0.15, 0.2) is 0 Å². The molecule has 16 heavy (non-hydrogen) atoms. The lowest BCUT2D eigenvalue weighted by molar-refractivity contribution is 0.406. The highest BCUT2D eigenvalue weighted by Gasteiger charge is 2.12. The zero-order chi connectivity index (χ0) is 12.1. The van der Waals surface area contributed by atoms with E-state index in [0.717, 1.165) is 5.92 Å². The largest absolute Gasteiger partial charge is 0.308 e. The van der Waals surface area contributed by atoms with E-state index in [1.807, 2.05) is 0 Å². The monoisotopic (exact) mass is 283 g/mol. The normalized spacial score (nSPS) is 15.1. The minimum absolute atomic E-state index is 0.393. The molecule has 1 aromatic rings. The van der Waals surface area contributed by atoms with Crippen molar-refractivity contribution in [1.29, 1.82) is 0 Å². The quantitative estimate of drug-likeness (QED) is 0.837. The predicted molar refractivity (Wildman–Crippen MR) is 74.6 cm³/mol. The molecule has 0 aliphatic carbocycles. The lowest BCUT2D eigenvalue weighted by atomic mass is 10.0. The summed E-state index contributed by atoms with van der Waals surface area (Å²) in [5.41, 5.74) is 1.33. The Bertz CT molecular complexity index is 322. The first-order chi connectivity index (χ1) is 7.50. The van der Waals surface area contributed by atoms with Crippen LogP contribution in [0.25, 0.3) is 0 Å². The molecule has 0 aromatic heterocycles. The summed E-state index contributed by atoms with van der Waals surface area (Å²) >= 11 is 3.60. The summed E-state index contributed by atoms with van der Waals surface area (Å²) in [4.78, 5) is 0. The SMILES string of the molecule is CC(C)CC(C)NC(C)c1ccccc1Br. The number of hydrogen-bond acceptors (Lipinski definition) is 1. The van der Waals surface area contributed by atoms with Gasteiger partial charge in [0.1, 0.15) is 0 Å². The Labute approximate surface area is 108 Å². The lowest BCUT2D eigenvalue weighted by Crippen LogP contribution is -2.30. The van der Waals surface area contributed by atoms with E-state index in [1.165, 1.54) is 16.5 Å². The third-order valence-electron chi connectivity index (χ3n) is 2.73. The molecular formula is C14H22BrN. The second-order valence-electron chi connectivity index (χ2n) is 4.94. The summed E-state index contributed by atoms with van der Waals surface area (Å²) in [6, 6.07) is 9.36. The van der Waals surface area contributed by atoms with Gasteiger partial charge in [-0.1, -0.05) is 48.0 Å². The van der Waals surface area contributed by atoms with Crippen molar-refractivity contribution in [2.45, 2.75) is 46.2 Å². The fourth-order valence-corrected chi connectivity index (χ4v) is 2.75. The van der Waals surface area contributed by atoms with Crippen molar-refractivity contribution < 1.29 is 0 Å². The third kappa shape index (κ3) is 4.26. The molecule has 1 N–H and O–H groups in total. The van der Waals surface area contributed by atoms with Crippen molar-refractivity contribution in [3.8, 4) is 0 Å². The van der Waals surface area contributed by atoms with Gasteiger partial charge in [0, 0.05) is 16.6 Å². The van der Waals surface area contributed by atoms with Crippen molar-refractivity contribution in [3.05, 3.63) is 34.3 Å². The van der Waals surface area contributed by atoms with Gasteiger partial charge in [-0.15, -0.1) is 0 Å². The number of nitrogens with one attached hydrogen (secondary N) is 1. The summed E-state index contributed by atoms with van der Waals surface area (Å²) in [5, 5.41) is 3.64. The van der Waals surface area contributed by atoms with Crippen molar-refractivity contribution in [3.63, 3.8) is 0 Å². The summed E-state index contributed by atoms with van der Waals surface area (Å²) in [7, 11) is 0. The van der Waals surface area contributed by atoms with E-state index in [4.69, 9.17) is 0 Å². The van der Waals surface area contributed by atoms with Gasteiger partial charge in [0.25, 0.3) is 0 Å². The van der Waals surface area contributed by atoms with Crippen molar-refractivity contribution in [2.24, 2.45) is 5.92 Å². The van der Waals surface area contributed by atoms with Crippen LogP contribution >= 0.6 is 15.9 Å². The van der Waals surface area contributed by atoms with Crippen LogP contribution in [0.1, 0.15) is 45.7 Å². The maximum atomic E-state index is 3.64. The molecule has 0 saturated carbocycles. The first kappa shape index (κ1) is 13.7. The van der Waals surface area contributed by atoms with E-state index >= 15 is 0 Å². The number of benzene rings is 1. The summed E-state index contributed by atoms with van der Waals surface area (Å²) < 4.78 is 1.19. The van der Waals surface area contributed by atoms with Gasteiger partial charge < -0.3 is 5.32 Å². The zero-order valence-corrected chi connectivity index (χ0v) is 12.2. The van der Waals surface area contributed by atoms with Crippen LogP contribution in [0.5, 0.6) is 0 Å². The molecule has 1 nitrogen and oxygen atoms in total. The number of rotatable bonds is 5. The van der Waals surface area contributed by atoms with E-state index in [0.29, 0.717) is 12.1 Å². The third-order valence-corrected chi connectivity index (χ3v) is 3.45. The molecule has 0 heterocycles. The average Bonchev–Trinajstić information content (AvgIpc) is 2.16. The predicted octanol–water partition coefficient (Wildman–Crippen LogP) is 4.53. The maximum absolute atomic E-state index is 3.64. The number of hydrogen-bond donors (Lipinski definition) is 1. The average molecular weight is 284 g/mol. The number of halogens is 1. The molecule has 0 saturated heterocycles. The summed E-state index contributed by atoms with van der Waals surface area (Å²) in [6.45, 7) is 9.01. The maximum Gasteiger partial charge on any atom is 0.0305 e. The highest BCUT2D eigenvalue weighted by molar-refractivity contribution is 9.10. The fraction of sp³-hybridized carbons (Fsp3) is 0.571. The fourth-order valence-electron chi connectivity index (χ4n) is 2.12. The molecule has 0 aliphatic heterocycles. The van der Waals surface area contributed by atoms with Gasteiger partial charge in [-0.3, -0.25) is 0 Å². The molecule has 0 radical (unpaired) electrons. The van der Waals surface area contributed by atoms with E-state index in [9.17, 15) is 0 Å². The van der Waals surface area contributed by atoms with E-state index in [-0.39, 0.29) is 0 Å². The first-order valence-corrected chi connectivity index (χ1v) is 6.80. The van der Waals surface area contributed by atoms with Crippen molar-refractivity contribution in [1.82, 2.24) is 5.32 Å². The van der Waals surface area contributed by atoms with Crippen LogP contribution in [0.15, 0.2) is 28.7 Å². The molecule has 2 unspecified atom stereocenters. The molecule has 0 bridgehead atoms. The Balaban J connectivity index is 2.58. The van der Waals surface area contributed by atoms with Crippen LogP contribution in [0.2, 0.25) is 0 Å². The van der Waals surface area contributed by atoms with Crippen LogP contribution in [-0.2, 0) is 0 Å². The molecule has 0 amide bonds. The Hall–Kier alpha value is -0.340. The molecule has 0 fully saturated rings. The Morgan fingerprint density at radius 2 is 1.75 bits per heavy atom. The van der Waals surface area contributed by atoms with Gasteiger partial charge in [0.05, 0.1) is 0 Å². The highest BCUT2D eigenvalue weighted by Crippen LogP contribution is 2.23. The minimum Gasteiger partial charge on any atom is -0.308 e. The lowest BCUT2D eigenvalue weighted by Gasteiger charge is -2.22. The van der Waals surface area contributed by atoms with Crippen LogP contribution in [0.3, 0.4) is 0 Å². The van der Waals surface area contributed by atoms with Gasteiger partial charge >= 0.3 is 0 Å².